The molecule has 0 bridgehead atoms. The van der Waals surface area contributed by atoms with Gasteiger partial charge >= 0.3 is 0 Å². The van der Waals surface area contributed by atoms with Gasteiger partial charge in [0, 0.05) is 56.4 Å². The first-order valence-electron chi connectivity index (χ1n) is 11.3. The van der Waals surface area contributed by atoms with E-state index in [9.17, 15) is 8.42 Å². The minimum Gasteiger partial charge on any atom is -0.378 e. The van der Waals surface area contributed by atoms with Crippen LogP contribution in [0.4, 0.5) is 11.6 Å². The predicted octanol–water partition coefficient (Wildman–Crippen LogP) is 1.19. The van der Waals surface area contributed by atoms with E-state index in [2.05, 4.69) is 30.5 Å². The molecule has 0 amide bonds. The first-order chi connectivity index (χ1) is 16.5. The Morgan fingerprint density at radius 1 is 1.00 bits per heavy atom. The van der Waals surface area contributed by atoms with Gasteiger partial charge in [-0.15, -0.1) is 0 Å². The molecular formula is C22H26N8O3S. The summed E-state index contributed by atoms with van der Waals surface area (Å²) >= 11 is 0. The summed E-state index contributed by atoms with van der Waals surface area (Å²) < 4.78 is 33.1. The summed E-state index contributed by atoms with van der Waals surface area (Å²) in [5, 5.41) is 8.25. The molecule has 11 nitrogen and oxygen atoms in total. The molecule has 178 valence electrons. The minimum absolute atomic E-state index is 0.453. The predicted molar refractivity (Wildman–Crippen MR) is 130 cm³/mol. The van der Waals surface area contributed by atoms with Gasteiger partial charge in [-0.25, -0.2) is 18.4 Å². The van der Waals surface area contributed by atoms with Gasteiger partial charge < -0.3 is 14.5 Å². The third kappa shape index (κ3) is 3.67. The van der Waals surface area contributed by atoms with Crippen molar-refractivity contribution in [1.29, 1.82) is 0 Å². The van der Waals surface area contributed by atoms with Crippen molar-refractivity contribution in [1.82, 2.24) is 28.9 Å². The Hall–Kier alpha value is -3.22. The molecule has 0 atom stereocenters. The van der Waals surface area contributed by atoms with E-state index in [1.165, 1.54) is 10.6 Å². The zero-order valence-electron chi connectivity index (χ0n) is 18.9. The molecule has 2 fully saturated rings. The molecule has 6 rings (SSSR count). The monoisotopic (exact) mass is 482 g/mol. The Labute approximate surface area is 197 Å². The molecule has 12 heteroatoms. The molecule has 0 aliphatic carbocycles. The smallest absolute Gasteiger partial charge is 0.211 e. The van der Waals surface area contributed by atoms with Crippen molar-refractivity contribution < 1.29 is 13.2 Å². The van der Waals surface area contributed by atoms with E-state index < -0.39 is 10.0 Å². The summed E-state index contributed by atoms with van der Waals surface area (Å²) in [4.78, 5) is 14.2. The third-order valence-corrected chi connectivity index (χ3v) is 7.86. The van der Waals surface area contributed by atoms with Crippen LogP contribution >= 0.6 is 0 Å². The second-order valence-corrected chi connectivity index (χ2v) is 10.6. The largest absolute Gasteiger partial charge is 0.378 e. The van der Waals surface area contributed by atoms with E-state index in [1.807, 2.05) is 30.7 Å². The SMILES string of the molecule is CS(=O)(=O)N1CCN(c2cnc3c(N4CCOCC4)nc(-c4cccc5[nH]ncc45)cn23)CC1. The number of ether oxygens (including phenoxy) is 1. The number of aromatic nitrogens is 5. The van der Waals surface area contributed by atoms with Crippen molar-refractivity contribution in [3.63, 3.8) is 0 Å². The van der Waals surface area contributed by atoms with Gasteiger partial charge in [-0.2, -0.15) is 9.40 Å². The summed E-state index contributed by atoms with van der Waals surface area (Å²) in [6, 6.07) is 6.04. The molecule has 1 N–H and O–H groups in total. The number of piperazine rings is 1. The highest BCUT2D eigenvalue weighted by atomic mass is 32.2. The van der Waals surface area contributed by atoms with Gasteiger partial charge in [0.05, 0.1) is 43.1 Å². The normalized spacial score (nSPS) is 18.3. The average molecular weight is 483 g/mol. The molecule has 0 radical (unpaired) electrons. The van der Waals surface area contributed by atoms with E-state index in [-0.39, 0.29) is 0 Å². The number of anilines is 2. The fourth-order valence-electron chi connectivity index (χ4n) is 4.75. The molecule has 2 aliphatic rings. The van der Waals surface area contributed by atoms with E-state index >= 15 is 0 Å². The number of sulfonamides is 1. The van der Waals surface area contributed by atoms with Gasteiger partial charge in [-0.05, 0) is 6.07 Å². The number of benzene rings is 1. The Balaban J connectivity index is 1.47. The Morgan fingerprint density at radius 3 is 2.56 bits per heavy atom. The number of imidazole rings is 1. The van der Waals surface area contributed by atoms with E-state index in [1.54, 1.807) is 0 Å². The van der Waals surface area contributed by atoms with Crippen LogP contribution in [-0.2, 0) is 14.8 Å². The molecule has 0 spiro atoms. The average Bonchev–Trinajstić information content (AvgIpc) is 3.50. The molecule has 4 aromatic rings. The second kappa shape index (κ2) is 8.22. The first kappa shape index (κ1) is 21.3. The summed E-state index contributed by atoms with van der Waals surface area (Å²) in [5.74, 6) is 1.75. The fraction of sp³-hybridized carbons (Fsp3) is 0.409. The van der Waals surface area contributed by atoms with Crippen LogP contribution in [0.5, 0.6) is 0 Å². The van der Waals surface area contributed by atoms with Crippen molar-refractivity contribution in [3.05, 3.63) is 36.8 Å². The number of rotatable bonds is 4. The van der Waals surface area contributed by atoms with Crippen LogP contribution in [0, 0.1) is 0 Å². The van der Waals surface area contributed by atoms with Gasteiger partial charge in [-0.1, -0.05) is 12.1 Å². The lowest BCUT2D eigenvalue weighted by atomic mass is 10.1. The van der Waals surface area contributed by atoms with E-state index in [4.69, 9.17) is 14.7 Å². The maximum absolute atomic E-state index is 12.0. The number of nitrogens with zero attached hydrogens (tertiary/aromatic N) is 7. The third-order valence-electron chi connectivity index (χ3n) is 6.56. The van der Waals surface area contributed by atoms with Crippen molar-refractivity contribution in [2.24, 2.45) is 0 Å². The van der Waals surface area contributed by atoms with Gasteiger partial charge in [0.25, 0.3) is 0 Å². The number of hydrogen-bond acceptors (Lipinski definition) is 8. The van der Waals surface area contributed by atoms with Crippen LogP contribution in [-0.4, -0.2) is 96.0 Å². The van der Waals surface area contributed by atoms with Crippen LogP contribution in [0.1, 0.15) is 0 Å². The number of nitrogens with one attached hydrogen (secondary N) is 1. The van der Waals surface area contributed by atoms with Crippen LogP contribution < -0.4 is 9.80 Å². The standard InChI is InChI=1S/C22H26N8O3S/c1-34(31,32)29-7-5-27(6-8-29)20-14-23-21-22(28-9-11-33-12-10-28)25-19(15-30(20)21)16-3-2-4-18-17(16)13-24-26-18/h2-4,13-15H,5-12H2,1H3,(H,24,26). The van der Waals surface area contributed by atoms with E-state index in [0.29, 0.717) is 39.4 Å². The highest BCUT2D eigenvalue weighted by molar-refractivity contribution is 7.88. The van der Waals surface area contributed by atoms with Gasteiger partial charge in [0.1, 0.15) is 5.82 Å². The molecule has 1 aromatic carbocycles. The van der Waals surface area contributed by atoms with Gasteiger partial charge in [0.15, 0.2) is 11.5 Å². The zero-order valence-corrected chi connectivity index (χ0v) is 19.7. The molecule has 34 heavy (non-hydrogen) atoms. The quantitative estimate of drug-likeness (QED) is 0.462. The minimum atomic E-state index is -3.19. The molecule has 2 saturated heterocycles. The Morgan fingerprint density at radius 2 is 1.79 bits per heavy atom. The van der Waals surface area contributed by atoms with Crippen LogP contribution in [0.3, 0.4) is 0 Å². The van der Waals surface area contributed by atoms with Crippen LogP contribution in [0.25, 0.3) is 27.8 Å². The van der Waals surface area contributed by atoms with Crippen molar-refractivity contribution >= 4 is 38.2 Å². The second-order valence-electron chi connectivity index (χ2n) is 8.65. The maximum Gasteiger partial charge on any atom is 0.211 e. The number of hydrogen-bond donors (Lipinski definition) is 1. The van der Waals surface area contributed by atoms with Crippen molar-refractivity contribution in [2.45, 2.75) is 0 Å². The molecule has 2 aliphatic heterocycles. The fourth-order valence-corrected chi connectivity index (χ4v) is 5.58. The van der Waals surface area contributed by atoms with Crippen molar-refractivity contribution in [3.8, 4) is 11.3 Å². The maximum atomic E-state index is 12.0. The number of fused-ring (bicyclic) bond motifs is 2. The summed E-state index contributed by atoms with van der Waals surface area (Å²) in [5.41, 5.74) is 3.56. The summed E-state index contributed by atoms with van der Waals surface area (Å²) in [7, 11) is -3.19. The van der Waals surface area contributed by atoms with Gasteiger partial charge in [-0.3, -0.25) is 9.50 Å². The highest BCUT2D eigenvalue weighted by Gasteiger charge is 2.27. The Bertz CT molecular complexity index is 1450. The lowest BCUT2D eigenvalue weighted by molar-refractivity contribution is 0.122. The van der Waals surface area contributed by atoms with Crippen LogP contribution in [0.2, 0.25) is 0 Å². The lowest BCUT2D eigenvalue weighted by Crippen LogP contribution is -2.48. The highest BCUT2D eigenvalue weighted by Crippen LogP contribution is 2.32. The first-order valence-corrected chi connectivity index (χ1v) is 13.2. The van der Waals surface area contributed by atoms with Crippen LogP contribution in [0.15, 0.2) is 36.8 Å². The lowest BCUT2D eigenvalue weighted by Gasteiger charge is -2.34. The molecule has 0 saturated carbocycles. The molecule has 3 aromatic heterocycles. The molecule has 0 unspecified atom stereocenters. The molecule has 5 heterocycles. The Kier molecular flexibility index (Phi) is 5.15. The van der Waals surface area contributed by atoms with E-state index in [0.717, 1.165) is 52.5 Å². The van der Waals surface area contributed by atoms with Crippen molar-refractivity contribution in [2.75, 3.05) is 68.5 Å². The number of H-pyrrole nitrogens is 1. The summed E-state index contributed by atoms with van der Waals surface area (Å²) in [6.45, 7) is 4.90. The van der Waals surface area contributed by atoms with Gasteiger partial charge in [0.2, 0.25) is 10.0 Å². The number of aromatic amines is 1. The number of morpholine rings is 1. The topological polar surface area (TPSA) is 112 Å². The summed E-state index contributed by atoms with van der Waals surface area (Å²) in [6.07, 6.45) is 6.97. The molecular weight excluding hydrogens is 456 g/mol. The zero-order chi connectivity index (χ0) is 23.3.